The topological polar surface area (TPSA) is 77.6 Å². The number of benzene rings is 2. The van der Waals surface area contributed by atoms with Crippen LogP contribution in [0.15, 0.2) is 60.8 Å². The minimum Gasteiger partial charge on any atom is -0.349 e. The molecule has 1 atom stereocenters. The van der Waals surface area contributed by atoms with Crippen LogP contribution in [0.4, 0.5) is 0 Å². The normalized spacial score (nSPS) is 17.2. The van der Waals surface area contributed by atoms with Gasteiger partial charge >= 0.3 is 0 Å². The van der Waals surface area contributed by atoms with E-state index in [1.807, 2.05) is 36.5 Å². The number of para-hydroxylation sites is 1. The van der Waals surface area contributed by atoms with Crippen molar-refractivity contribution in [3.63, 3.8) is 0 Å². The molecule has 7 nitrogen and oxygen atoms in total. The standard InChI is InChI=1S/C25H28N6O/c1-25(2)14-21(19-16-26-31(23(19)15-25)17-18-8-4-3-5-9-18)27-24(32)12-13-30-22-11-7-6-10-20(22)28-29-30/h3-11,16,21H,12-15,17H2,1-2H3,(H,27,32)/t21-/m0/s1. The van der Waals surface area contributed by atoms with E-state index < -0.39 is 0 Å². The number of hydrogen-bond acceptors (Lipinski definition) is 4. The predicted octanol–water partition coefficient (Wildman–Crippen LogP) is 3.90. The molecule has 0 radical (unpaired) electrons. The Hall–Kier alpha value is -3.48. The molecule has 0 fully saturated rings. The predicted molar refractivity (Wildman–Crippen MR) is 123 cm³/mol. The summed E-state index contributed by atoms with van der Waals surface area (Å²) in [5.74, 6) is 0.0223. The average molecular weight is 429 g/mol. The molecule has 0 bridgehead atoms. The van der Waals surface area contributed by atoms with Crippen LogP contribution in [0.1, 0.15) is 49.6 Å². The molecule has 0 unspecified atom stereocenters. The molecule has 0 saturated heterocycles. The summed E-state index contributed by atoms with van der Waals surface area (Å²) in [6.45, 7) is 5.77. The van der Waals surface area contributed by atoms with E-state index in [2.05, 4.69) is 63.5 Å². The lowest BCUT2D eigenvalue weighted by atomic mass is 9.74. The summed E-state index contributed by atoms with van der Waals surface area (Å²) >= 11 is 0. The number of nitrogens with zero attached hydrogens (tertiary/aromatic N) is 5. The number of aryl methyl sites for hydroxylation is 1. The molecule has 32 heavy (non-hydrogen) atoms. The van der Waals surface area contributed by atoms with E-state index in [4.69, 9.17) is 0 Å². The first-order valence-electron chi connectivity index (χ1n) is 11.1. The van der Waals surface area contributed by atoms with E-state index in [1.165, 1.54) is 11.3 Å². The van der Waals surface area contributed by atoms with Gasteiger partial charge in [-0.2, -0.15) is 5.10 Å². The van der Waals surface area contributed by atoms with Crippen molar-refractivity contribution in [1.29, 1.82) is 0 Å². The van der Waals surface area contributed by atoms with Crippen LogP contribution in [-0.4, -0.2) is 30.7 Å². The van der Waals surface area contributed by atoms with Gasteiger partial charge in [-0.05, 0) is 36.0 Å². The Morgan fingerprint density at radius 1 is 1.09 bits per heavy atom. The van der Waals surface area contributed by atoms with Gasteiger partial charge in [0.15, 0.2) is 0 Å². The maximum absolute atomic E-state index is 12.9. The van der Waals surface area contributed by atoms with Crippen LogP contribution in [0, 0.1) is 5.41 Å². The van der Waals surface area contributed by atoms with Gasteiger partial charge in [-0.1, -0.05) is 61.5 Å². The molecule has 2 aromatic heterocycles. The number of rotatable bonds is 6. The van der Waals surface area contributed by atoms with Crippen LogP contribution < -0.4 is 5.32 Å². The first-order chi connectivity index (χ1) is 15.5. The molecule has 7 heteroatoms. The van der Waals surface area contributed by atoms with E-state index in [0.29, 0.717) is 13.0 Å². The summed E-state index contributed by atoms with van der Waals surface area (Å²) in [6, 6.07) is 18.1. The molecular formula is C25H28N6O. The number of carbonyl (C=O) groups is 1. The van der Waals surface area contributed by atoms with Gasteiger partial charge in [-0.15, -0.1) is 5.10 Å². The molecule has 2 heterocycles. The molecule has 0 aliphatic heterocycles. The Labute approximate surface area is 187 Å². The van der Waals surface area contributed by atoms with Crippen molar-refractivity contribution in [1.82, 2.24) is 30.1 Å². The molecule has 1 aliphatic rings. The van der Waals surface area contributed by atoms with Crippen molar-refractivity contribution < 1.29 is 4.79 Å². The second-order valence-corrected chi connectivity index (χ2v) is 9.41. The average Bonchev–Trinajstić information content (AvgIpc) is 3.36. The number of aromatic nitrogens is 5. The maximum Gasteiger partial charge on any atom is 0.222 e. The summed E-state index contributed by atoms with van der Waals surface area (Å²) in [7, 11) is 0. The van der Waals surface area contributed by atoms with Crippen LogP contribution in [0.25, 0.3) is 11.0 Å². The molecular weight excluding hydrogens is 400 g/mol. The van der Waals surface area contributed by atoms with E-state index in [-0.39, 0.29) is 17.4 Å². The molecule has 2 aromatic carbocycles. The van der Waals surface area contributed by atoms with Gasteiger partial charge in [0.1, 0.15) is 5.52 Å². The third-order valence-electron chi connectivity index (χ3n) is 6.24. The lowest BCUT2D eigenvalue weighted by Crippen LogP contribution is -2.37. The van der Waals surface area contributed by atoms with Crippen LogP contribution >= 0.6 is 0 Å². The summed E-state index contributed by atoms with van der Waals surface area (Å²) in [5, 5.41) is 16.3. The van der Waals surface area contributed by atoms with Crippen molar-refractivity contribution in [2.24, 2.45) is 5.41 Å². The second kappa shape index (κ2) is 8.22. The van der Waals surface area contributed by atoms with E-state index in [0.717, 1.165) is 36.0 Å². The highest BCUT2D eigenvalue weighted by atomic mass is 16.1. The number of amides is 1. The fraction of sp³-hybridized carbons (Fsp3) is 0.360. The first kappa shape index (κ1) is 20.4. The molecule has 1 amide bonds. The quantitative estimate of drug-likeness (QED) is 0.505. The fourth-order valence-electron chi connectivity index (χ4n) is 4.68. The zero-order valence-corrected chi connectivity index (χ0v) is 18.5. The van der Waals surface area contributed by atoms with Gasteiger partial charge in [0.25, 0.3) is 0 Å². The van der Waals surface area contributed by atoms with Gasteiger partial charge in [0, 0.05) is 17.7 Å². The lowest BCUT2D eigenvalue weighted by Gasteiger charge is -2.36. The smallest absolute Gasteiger partial charge is 0.222 e. The van der Waals surface area contributed by atoms with E-state index in [9.17, 15) is 4.79 Å². The van der Waals surface area contributed by atoms with Crippen LogP contribution in [0.3, 0.4) is 0 Å². The molecule has 0 saturated carbocycles. The van der Waals surface area contributed by atoms with Gasteiger partial charge < -0.3 is 5.32 Å². The van der Waals surface area contributed by atoms with Gasteiger partial charge in [0.05, 0.1) is 30.8 Å². The number of hydrogen-bond donors (Lipinski definition) is 1. The molecule has 5 rings (SSSR count). The molecule has 1 N–H and O–H groups in total. The Bertz CT molecular complexity index is 1240. The summed E-state index contributed by atoms with van der Waals surface area (Å²) in [4.78, 5) is 12.9. The molecule has 4 aromatic rings. The van der Waals surface area contributed by atoms with Crippen LogP contribution in [-0.2, 0) is 24.3 Å². The van der Waals surface area contributed by atoms with Gasteiger partial charge in [-0.3, -0.25) is 9.48 Å². The Morgan fingerprint density at radius 2 is 1.88 bits per heavy atom. The Balaban J connectivity index is 1.30. The zero-order chi connectivity index (χ0) is 22.1. The third-order valence-corrected chi connectivity index (χ3v) is 6.24. The fourth-order valence-corrected chi connectivity index (χ4v) is 4.68. The summed E-state index contributed by atoms with van der Waals surface area (Å²) < 4.78 is 3.88. The van der Waals surface area contributed by atoms with E-state index in [1.54, 1.807) is 4.68 Å². The van der Waals surface area contributed by atoms with Crippen molar-refractivity contribution in [3.8, 4) is 0 Å². The van der Waals surface area contributed by atoms with Crippen molar-refractivity contribution in [2.45, 2.75) is 52.2 Å². The Morgan fingerprint density at radius 3 is 2.72 bits per heavy atom. The minimum atomic E-state index is -0.0294. The SMILES string of the molecule is CC1(C)Cc2c(cnn2Cc2ccccc2)[C@@H](NC(=O)CCn2nnc3ccccc32)C1. The van der Waals surface area contributed by atoms with Crippen LogP contribution in [0.2, 0.25) is 0 Å². The molecule has 0 spiro atoms. The minimum absolute atomic E-state index is 0.0223. The lowest BCUT2D eigenvalue weighted by molar-refractivity contribution is -0.122. The Kier molecular flexibility index (Phi) is 5.25. The number of carbonyl (C=O) groups excluding carboxylic acids is 1. The highest BCUT2D eigenvalue weighted by Crippen LogP contribution is 2.40. The van der Waals surface area contributed by atoms with Gasteiger partial charge in [-0.25, -0.2) is 4.68 Å². The van der Waals surface area contributed by atoms with Crippen molar-refractivity contribution in [3.05, 3.63) is 77.6 Å². The van der Waals surface area contributed by atoms with Crippen LogP contribution in [0.5, 0.6) is 0 Å². The monoisotopic (exact) mass is 428 g/mol. The largest absolute Gasteiger partial charge is 0.349 e. The summed E-state index contributed by atoms with van der Waals surface area (Å²) in [6.07, 6.45) is 4.14. The highest BCUT2D eigenvalue weighted by Gasteiger charge is 2.35. The zero-order valence-electron chi connectivity index (χ0n) is 18.5. The molecule has 1 aliphatic carbocycles. The third kappa shape index (κ3) is 4.15. The van der Waals surface area contributed by atoms with Crippen molar-refractivity contribution in [2.75, 3.05) is 0 Å². The molecule has 164 valence electrons. The highest BCUT2D eigenvalue weighted by molar-refractivity contribution is 5.77. The maximum atomic E-state index is 12.9. The summed E-state index contributed by atoms with van der Waals surface area (Å²) in [5.41, 5.74) is 5.46. The number of nitrogens with one attached hydrogen (secondary N) is 1. The van der Waals surface area contributed by atoms with Gasteiger partial charge in [0.2, 0.25) is 5.91 Å². The van der Waals surface area contributed by atoms with Crippen molar-refractivity contribution >= 4 is 16.9 Å². The second-order valence-electron chi connectivity index (χ2n) is 9.41. The first-order valence-corrected chi connectivity index (χ1v) is 11.1. The van der Waals surface area contributed by atoms with E-state index >= 15 is 0 Å². The number of fused-ring (bicyclic) bond motifs is 2.